The van der Waals surface area contributed by atoms with E-state index in [2.05, 4.69) is 15.3 Å². The lowest BCUT2D eigenvalue weighted by atomic mass is 10.1. The first-order valence-electron chi connectivity index (χ1n) is 10.3. The maximum absolute atomic E-state index is 13.5. The Kier molecular flexibility index (Phi) is 8.00. The van der Waals surface area contributed by atoms with Crippen molar-refractivity contribution in [3.8, 4) is 22.8 Å². The Morgan fingerprint density at radius 1 is 1.00 bits per heavy atom. The molecule has 0 saturated carbocycles. The van der Waals surface area contributed by atoms with Crippen molar-refractivity contribution in [2.45, 2.75) is 30.4 Å². The van der Waals surface area contributed by atoms with Crippen LogP contribution >= 0.6 is 11.8 Å². The number of thioether (sulfide) groups is 1. The molecule has 184 valence electrons. The highest BCUT2D eigenvalue weighted by atomic mass is 32.2. The van der Waals surface area contributed by atoms with Crippen LogP contribution in [-0.2, 0) is 11.0 Å². The molecule has 7 nitrogen and oxygen atoms in total. The number of benzene rings is 2. The summed E-state index contributed by atoms with van der Waals surface area (Å²) in [6.45, 7) is 2.83. The fourth-order valence-electron chi connectivity index (χ4n) is 3.10. The number of alkyl halides is 3. The number of nitrogens with one attached hydrogen (secondary N) is 1. The molecular formula is C24H22F3N3O4S. The maximum atomic E-state index is 13.5. The van der Waals surface area contributed by atoms with E-state index in [1.807, 2.05) is 0 Å². The number of Topliss-reactive ketones (excluding diaryl/α,β-unsaturated/α-hetero) is 1. The summed E-state index contributed by atoms with van der Waals surface area (Å²) in [5.41, 5.74) is -0.171. The third-order valence-electron chi connectivity index (χ3n) is 4.88. The van der Waals surface area contributed by atoms with Gasteiger partial charge in [-0.15, -0.1) is 0 Å². The third kappa shape index (κ3) is 6.30. The topological polar surface area (TPSA) is 90.4 Å². The number of hydrogen-bond donors (Lipinski definition) is 1. The predicted octanol–water partition coefficient (Wildman–Crippen LogP) is 5.50. The molecule has 1 amide bonds. The standard InChI is InChI=1S/C24H22F3N3O4S/c1-13(31)16-10-19(33-3)20(34-4)11-18(16)28-22(32)14(2)35-23-29-17(15-8-6-5-7-9-15)12-21(30-23)24(25,26)27/h5-12,14H,1-4H3,(H,28,32). The minimum atomic E-state index is -4.69. The molecule has 1 atom stereocenters. The van der Waals surface area contributed by atoms with Crippen LogP contribution in [0.25, 0.3) is 11.3 Å². The van der Waals surface area contributed by atoms with Crippen LogP contribution in [0.1, 0.15) is 29.9 Å². The van der Waals surface area contributed by atoms with Gasteiger partial charge in [-0.1, -0.05) is 42.1 Å². The summed E-state index contributed by atoms with van der Waals surface area (Å²) in [5, 5.41) is 1.53. The number of hydrogen-bond acceptors (Lipinski definition) is 7. The van der Waals surface area contributed by atoms with E-state index in [1.165, 1.54) is 40.2 Å². The summed E-state index contributed by atoms with van der Waals surface area (Å²) in [6.07, 6.45) is -4.69. The highest BCUT2D eigenvalue weighted by molar-refractivity contribution is 8.00. The predicted molar refractivity (Wildman–Crippen MR) is 126 cm³/mol. The van der Waals surface area contributed by atoms with Crippen LogP contribution < -0.4 is 14.8 Å². The van der Waals surface area contributed by atoms with Crippen molar-refractivity contribution in [2.24, 2.45) is 0 Å². The molecule has 2 aromatic carbocycles. The van der Waals surface area contributed by atoms with Gasteiger partial charge in [0.25, 0.3) is 0 Å². The number of ketones is 1. The molecule has 0 fully saturated rings. The molecular weight excluding hydrogens is 483 g/mol. The lowest BCUT2D eigenvalue weighted by Crippen LogP contribution is -2.24. The van der Waals surface area contributed by atoms with Crippen LogP contribution in [0.15, 0.2) is 53.7 Å². The van der Waals surface area contributed by atoms with Gasteiger partial charge in [-0.25, -0.2) is 9.97 Å². The minimum Gasteiger partial charge on any atom is -0.493 e. The molecule has 0 bridgehead atoms. The molecule has 0 aliphatic heterocycles. The van der Waals surface area contributed by atoms with E-state index in [0.29, 0.717) is 17.1 Å². The molecule has 0 aliphatic rings. The fourth-order valence-corrected chi connectivity index (χ4v) is 3.88. The lowest BCUT2D eigenvalue weighted by Gasteiger charge is -2.17. The van der Waals surface area contributed by atoms with Gasteiger partial charge in [0.2, 0.25) is 5.91 Å². The normalized spacial score (nSPS) is 12.1. The Labute approximate surface area is 204 Å². The van der Waals surface area contributed by atoms with E-state index in [9.17, 15) is 22.8 Å². The molecule has 1 N–H and O–H groups in total. The van der Waals surface area contributed by atoms with E-state index >= 15 is 0 Å². The van der Waals surface area contributed by atoms with Crippen molar-refractivity contribution in [1.29, 1.82) is 0 Å². The molecule has 0 radical (unpaired) electrons. The quantitative estimate of drug-likeness (QED) is 0.246. The number of methoxy groups -OCH3 is 2. The van der Waals surface area contributed by atoms with Gasteiger partial charge >= 0.3 is 6.18 Å². The van der Waals surface area contributed by atoms with Crippen molar-refractivity contribution in [3.05, 3.63) is 59.8 Å². The van der Waals surface area contributed by atoms with Crippen molar-refractivity contribution >= 4 is 29.1 Å². The van der Waals surface area contributed by atoms with Gasteiger partial charge in [0.15, 0.2) is 22.4 Å². The Balaban J connectivity index is 1.89. The number of rotatable bonds is 8. The molecule has 0 spiro atoms. The largest absolute Gasteiger partial charge is 0.493 e. The van der Waals surface area contributed by atoms with E-state index in [-0.39, 0.29) is 27.9 Å². The van der Waals surface area contributed by atoms with Gasteiger partial charge < -0.3 is 14.8 Å². The SMILES string of the molecule is COc1cc(NC(=O)C(C)Sc2nc(-c3ccccc3)cc(C(F)(F)F)n2)c(C(C)=O)cc1OC. The highest BCUT2D eigenvalue weighted by Crippen LogP contribution is 2.35. The summed E-state index contributed by atoms with van der Waals surface area (Å²) in [7, 11) is 2.82. The number of aromatic nitrogens is 2. The number of ether oxygens (including phenoxy) is 2. The smallest absolute Gasteiger partial charge is 0.433 e. The summed E-state index contributed by atoms with van der Waals surface area (Å²) >= 11 is 0.767. The summed E-state index contributed by atoms with van der Waals surface area (Å²) in [4.78, 5) is 32.8. The Bertz CT molecular complexity index is 1240. The first-order valence-corrected chi connectivity index (χ1v) is 11.2. The Hall–Kier alpha value is -3.60. The third-order valence-corrected chi connectivity index (χ3v) is 5.84. The van der Waals surface area contributed by atoms with Gasteiger partial charge in [0.05, 0.1) is 30.9 Å². The van der Waals surface area contributed by atoms with E-state index < -0.39 is 23.0 Å². The number of nitrogens with zero attached hydrogens (tertiary/aromatic N) is 2. The van der Waals surface area contributed by atoms with Crippen LogP contribution in [0.3, 0.4) is 0 Å². The van der Waals surface area contributed by atoms with Gasteiger partial charge in [-0.3, -0.25) is 9.59 Å². The molecule has 11 heteroatoms. The average Bonchev–Trinajstić information content (AvgIpc) is 2.83. The Morgan fingerprint density at radius 2 is 1.63 bits per heavy atom. The van der Waals surface area contributed by atoms with Crippen LogP contribution in [-0.4, -0.2) is 41.1 Å². The second-order valence-corrected chi connectivity index (χ2v) is 8.65. The lowest BCUT2D eigenvalue weighted by molar-refractivity contribution is -0.141. The average molecular weight is 506 g/mol. The van der Waals surface area contributed by atoms with E-state index in [4.69, 9.17) is 9.47 Å². The van der Waals surface area contributed by atoms with Gasteiger partial charge in [0, 0.05) is 17.2 Å². The zero-order valence-corrected chi connectivity index (χ0v) is 20.1. The second kappa shape index (κ2) is 10.8. The van der Waals surface area contributed by atoms with E-state index in [0.717, 1.165) is 17.8 Å². The van der Waals surface area contributed by atoms with Crippen molar-refractivity contribution < 1.29 is 32.2 Å². The van der Waals surface area contributed by atoms with E-state index in [1.54, 1.807) is 30.3 Å². The number of carbonyl (C=O) groups excluding carboxylic acids is 2. The molecule has 1 unspecified atom stereocenters. The monoisotopic (exact) mass is 505 g/mol. The van der Waals surface area contributed by atoms with Crippen LogP contribution in [0.4, 0.5) is 18.9 Å². The second-order valence-electron chi connectivity index (χ2n) is 7.34. The van der Waals surface area contributed by atoms with Gasteiger partial charge in [-0.2, -0.15) is 13.2 Å². The zero-order chi connectivity index (χ0) is 25.8. The van der Waals surface area contributed by atoms with Gasteiger partial charge in [0.1, 0.15) is 5.69 Å². The zero-order valence-electron chi connectivity index (χ0n) is 19.3. The molecule has 1 aromatic heterocycles. The summed E-state index contributed by atoms with van der Waals surface area (Å²) in [5.74, 6) is -0.284. The number of anilines is 1. The van der Waals surface area contributed by atoms with Crippen LogP contribution in [0, 0.1) is 0 Å². The molecule has 0 saturated heterocycles. The van der Waals surface area contributed by atoms with Crippen LogP contribution in [0.2, 0.25) is 0 Å². The first kappa shape index (κ1) is 26.0. The summed E-state index contributed by atoms with van der Waals surface area (Å²) in [6, 6.07) is 12.1. The molecule has 3 rings (SSSR count). The highest BCUT2D eigenvalue weighted by Gasteiger charge is 2.34. The first-order chi connectivity index (χ1) is 16.5. The maximum Gasteiger partial charge on any atom is 0.433 e. The molecule has 0 aliphatic carbocycles. The number of halogens is 3. The molecule has 35 heavy (non-hydrogen) atoms. The minimum absolute atomic E-state index is 0.0850. The van der Waals surface area contributed by atoms with Gasteiger partial charge in [-0.05, 0) is 26.0 Å². The Morgan fingerprint density at radius 3 is 2.20 bits per heavy atom. The number of carbonyl (C=O) groups is 2. The van der Waals surface area contributed by atoms with Crippen molar-refractivity contribution in [1.82, 2.24) is 9.97 Å². The number of amides is 1. The van der Waals surface area contributed by atoms with Crippen molar-refractivity contribution in [2.75, 3.05) is 19.5 Å². The summed E-state index contributed by atoms with van der Waals surface area (Å²) < 4.78 is 50.8. The van der Waals surface area contributed by atoms with Crippen molar-refractivity contribution in [3.63, 3.8) is 0 Å². The molecule has 3 aromatic rings. The van der Waals surface area contributed by atoms with Crippen LogP contribution in [0.5, 0.6) is 11.5 Å². The molecule has 1 heterocycles. The fraction of sp³-hybridized carbons (Fsp3) is 0.250.